The molecule has 122 valence electrons. The first-order valence-electron chi connectivity index (χ1n) is 7.95. The van der Waals surface area contributed by atoms with Gasteiger partial charge in [-0.25, -0.2) is 0 Å². The molecule has 0 saturated heterocycles. The molecule has 3 N–H and O–H groups in total. The fraction of sp³-hybridized carbons (Fsp3) is 0.316. The summed E-state index contributed by atoms with van der Waals surface area (Å²) in [6, 6.07) is 17.3. The molecule has 0 saturated carbocycles. The van der Waals surface area contributed by atoms with Gasteiger partial charge in [-0.3, -0.25) is 4.79 Å². The van der Waals surface area contributed by atoms with Gasteiger partial charge in [0.05, 0.1) is 6.10 Å². The molecule has 0 bridgehead atoms. The zero-order valence-electron chi connectivity index (χ0n) is 13.5. The van der Waals surface area contributed by atoms with E-state index in [9.17, 15) is 9.90 Å². The van der Waals surface area contributed by atoms with Crippen LogP contribution in [0.1, 0.15) is 34.0 Å². The van der Waals surface area contributed by atoms with E-state index in [0.29, 0.717) is 12.1 Å². The lowest BCUT2D eigenvalue weighted by molar-refractivity contribution is 0.0963. The van der Waals surface area contributed by atoms with Crippen LogP contribution in [-0.2, 0) is 6.42 Å². The number of carbonyl (C=O) groups excluding carboxylic acids is 1. The molecule has 0 aliphatic heterocycles. The predicted molar refractivity (Wildman–Crippen MR) is 92.4 cm³/mol. The summed E-state index contributed by atoms with van der Waals surface area (Å²) in [6.07, 6.45) is 1.46. The van der Waals surface area contributed by atoms with E-state index < -0.39 is 6.10 Å². The Bertz CT molecular complexity index is 597. The Hall–Kier alpha value is -2.17. The van der Waals surface area contributed by atoms with Gasteiger partial charge in [0.15, 0.2) is 0 Å². The average Bonchev–Trinajstić information content (AvgIpc) is 2.62. The van der Waals surface area contributed by atoms with Crippen LogP contribution in [0, 0.1) is 0 Å². The third-order valence-corrected chi connectivity index (χ3v) is 3.78. The van der Waals surface area contributed by atoms with Gasteiger partial charge in [0.1, 0.15) is 0 Å². The van der Waals surface area contributed by atoms with Crippen LogP contribution in [0.25, 0.3) is 0 Å². The number of nitrogens with one attached hydrogen (secondary N) is 2. The Balaban J connectivity index is 1.66. The van der Waals surface area contributed by atoms with Gasteiger partial charge in [0.2, 0.25) is 0 Å². The minimum atomic E-state index is -0.469. The van der Waals surface area contributed by atoms with Crippen LogP contribution in [0.2, 0.25) is 0 Å². The fourth-order valence-electron chi connectivity index (χ4n) is 2.42. The summed E-state index contributed by atoms with van der Waals surface area (Å²) in [5.74, 6) is -0.0619. The molecule has 2 aromatic carbocycles. The number of aliphatic hydroxyl groups excluding tert-OH is 1. The summed E-state index contributed by atoms with van der Waals surface area (Å²) < 4.78 is 0. The first-order chi connectivity index (χ1) is 11.2. The quantitative estimate of drug-likeness (QED) is 0.656. The molecule has 0 spiro atoms. The van der Waals surface area contributed by atoms with Crippen LogP contribution in [0.5, 0.6) is 0 Å². The van der Waals surface area contributed by atoms with E-state index in [2.05, 4.69) is 10.6 Å². The highest BCUT2D eigenvalue weighted by Crippen LogP contribution is 2.10. The van der Waals surface area contributed by atoms with Crippen molar-refractivity contribution in [3.63, 3.8) is 0 Å². The molecule has 4 heteroatoms. The lowest BCUT2D eigenvalue weighted by Crippen LogP contribution is -2.22. The minimum Gasteiger partial charge on any atom is -0.387 e. The number of hydrogen-bond donors (Lipinski definition) is 3. The van der Waals surface area contributed by atoms with Crippen molar-refractivity contribution >= 4 is 5.91 Å². The molecule has 0 aliphatic carbocycles. The van der Waals surface area contributed by atoms with Gasteiger partial charge < -0.3 is 15.7 Å². The second-order valence-electron chi connectivity index (χ2n) is 5.51. The maximum Gasteiger partial charge on any atom is 0.251 e. The van der Waals surface area contributed by atoms with E-state index >= 15 is 0 Å². The van der Waals surface area contributed by atoms with Gasteiger partial charge in [-0.1, -0.05) is 42.5 Å². The first-order valence-corrected chi connectivity index (χ1v) is 7.95. The highest BCUT2D eigenvalue weighted by Gasteiger charge is 2.05. The summed E-state index contributed by atoms with van der Waals surface area (Å²) in [4.78, 5) is 11.5. The van der Waals surface area contributed by atoms with Gasteiger partial charge in [-0.05, 0) is 42.6 Å². The van der Waals surface area contributed by atoms with E-state index in [4.69, 9.17) is 0 Å². The molecule has 0 aliphatic rings. The lowest BCUT2D eigenvalue weighted by Gasteiger charge is -2.12. The predicted octanol–water partition coefficient (Wildman–Crippen LogP) is 2.30. The summed E-state index contributed by atoms with van der Waals surface area (Å²) in [7, 11) is 1.63. The molecule has 2 aromatic rings. The number of rotatable bonds is 8. The molecule has 2 rings (SSSR count). The molecular weight excluding hydrogens is 288 g/mol. The largest absolute Gasteiger partial charge is 0.387 e. The summed E-state index contributed by atoms with van der Waals surface area (Å²) >= 11 is 0. The second-order valence-corrected chi connectivity index (χ2v) is 5.51. The van der Waals surface area contributed by atoms with Crippen LogP contribution in [-0.4, -0.2) is 31.2 Å². The SMILES string of the molecule is CNC(=O)c1ccc(CCCNC[C@H](O)c2ccccc2)cc1. The normalized spacial score (nSPS) is 11.9. The maximum atomic E-state index is 11.5. The third-order valence-electron chi connectivity index (χ3n) is 3.78. The molecule has 1 amide bonds. The molecule has 0 fully saturated rings. The Morgan fingerprint density at radius 1 is 1.09 bits per heavy atom. The number of carbonyl (C=O) groups is 1. The van der Waals surface area contributed by atoms with Crippen LogP contribution < -0.4 is 10.6 Å². The molecule has 0 aromatic heterocycles. The van der Waals surface area contributed by atoms with Crippen molar-refractivity contribution in [3.05, 3.63) is 71.3 Å². The number of benzene rings is 2. The average molecular weight is 312 g/mol. The molecule has 0 radical (unpaired) electrons. The number of amides is 1. The molecule has 0 heterocycles. The van der Waals surface area contributed by atoms with Gasteiger partial charge in [0.25, 0.3) is 5.91 Å². The van der Waals surface area contributed by atoms with Crippen molar-refractivity contribution in [1.29, 1.82) is 0 Å². The molecule has 1 atom stereocenters. The van der Waals surface area contributed by atoms with Crippen LogP contribution in [0.4, 0.5) is 0 Å². The third kappa shape index (κ3) is 5.51. The Morgan fingerprint density at radius 3 is 2.43 bits per heavy atom. The van der Waals surface area contributed by atoms with Crippen molar-refractivity contribution in [1.82, 2.24) is 10.6 Å². The second kappa shape index (κ2) is 9.08. The Labute approximate surface area is 137 Å². The highest BCUT2D eigenvalue weighted by molar-refractivity contribution is 5.93. The topological polar surface area (TPSA) is 61.4 Å². The fourth-order valence-corrected chi connectivity index (χ4v) is 2.42. The lowest BCUT2D eigenvalue weighted by atomic mass is 10.1. The number of hydrogen-bond acceptors (Lipinski definition) is 3. The number of aryl methyl sites for hydroxylation is 1. The van der Waals surface area contributed by atoms with Gasteiger partial charge in [-0.2, -0.15) is 0 Å². The van der Waals surface area contributed by atoms with Crippen molar-refractivity contribution in [2.45, 2.75) is 18.9 Å². The smallest absolute Gasteiger partial charge is 0.251 e. The van der Waals surface area contributed by atoms with Gasteiger partial charge in [-0.15, -0.1) is 0 Å². The van der Waals surface area contributed by atoms with Gasteiger partial charge in [0, 0.05) is 19.2 Å². The number of aliphatic hydroxyl groups is 1. The highest BCUT2D eigenvalue weighted by atomic mass is 16.3. The van der Waals surface area contributed by atoms with Crippen LogP contribution >= 0.6 is 0 Å². The van der Waals surface area contributed by atoms with E-state index in [1.54, 1.807) is 7.05 Å². The van der Waals surface area contributed by atoms with Gasteiger partial charge >= 0.3 is 0 Å². The van der Waals surface area contributed by atoms with Crippen LogP contribution in [0.15, 0.2) is 54.6 Å². The monoisotopic (exact) mass is 312 g/mol. The van der Waals surface area contributed by atoms with Crippen LogP contribution in [0.3, 0.4) is 0 Å². The zero-order chi connectivity index (χ0) is 16.5. The Morgan fingerprint density at radius 2 is 1.78 bits per heavy atom. The van der Waals surface area contributed by atoms with Crippen molar-refractivity contribution in [3.8, 4) is 0 Å². The van der Waals surface area contributed by atoms with E-state index in [0.717, 1.165) is 24.9 Å². The minimum absolute atomic E-state index is 0.0619. The van der Waals surface area contributed by atoms with E-state index in [1.807, 2.05) is 54.6 Å². The maximum absolute atomic E-state index is 11.5. The summed E-state index contributed by atoms with van der Waals surface area (Å²) in [6.45, 7) is 1.40. The summed E-state index contributed by atoms with van der Waals surface area (Å²) in [5, 5.41) is 15.9. The summed E-state index contributed by atoms with van der Waals surface area (Å²) in [5.41, 5.74) is 2.83. The molecule has 0 unspecified atom stereocenters. The van der Waals surface area contributed by atoms with E-state index in [-0.39, 0.29) is 5.91 Å². The van der Waals surface area contributed by atoms with Crippen molar-refractivity contribution in [2.24, 2.45) is 0 Å². The zero-order valence-corrected chi connectivity index (χ0v) is 13.5. The standard InChI is InChI=1S/C19H24N2O2/c1-20-19(23)17-11-9-15(10-12-17)6-5-13-21-14-18(22)16-7-3-2-4-8-16/h2-4,7-12,18,21-22H,5-6,13-14H2,1H3,(H,20,23)/t18-/m0/s1. The Kier molecular flexibility index (Phi) is 6.78. The molecule has 4 nitrogen and oxygen atoms in total. The van der Waals surface area contributed by atoms with Crippen molar-refractivity contribution < 1.29 is 9.90 Å². The van der Waals surface area contributed by atoms with Crippen molar-refractivity contribution in [2.75, 3.05) is 20.1 Å². The first kappa shape index (κ1) is 17.2. The molecular formula is C19H24N2O2. The van der Waals surface area contributed by atoms with E-state index in [1.165, 1.54) is 5.56 Å². The molecule has 23 heavy (non-hydrogen) atoms.